The van der Waals surface area contributed by atoms with Crippen LogP contribution >= 0.6 is 24.8 Å². The molecular weight excluding hydrogens is 319 g/mol. The van der Waals surface area contributed by atoms with Gasteiger partial charge in [-0.2, -0.15) is 10.5 Å². The van der Waals surface area contributed by atoms with E-state index in [0.29, 0.717) is 36.0 Å². The van der Waals surface area contributed by atoms with E-state index in [1.54, 1.807) is 0 Å². The molecule has 2 unspecified atom stereocenters. The highest BCUT2D eigenvalue weighted by Crippen LogP contribution is 2.30. The van der Waals surface area contributed by atoms with Crippen molar-refractivity contribution >= 4 is 24.8 Å². The van der Waals surface area contributed by atoms with Gasteiger partial charge in [0.1, 0.15) is 0 Å². The molecule has 4 saturated heterocycles. The quantitative estimate of drug-likeness (QED) is 0.708. The van der Waals surface area contributed by atoms with Crippen LogP contribution in [0.4, 0.5) is 0 Å². The Morgan fingerprint density at radius 3 is 1.09 bits per heavy atom. The smallest absolute Gasteiger partial charge is 0.0657 e. The Balaban J connectivity index is 0.000000202. The van der Waals surface area contributed by atoms with E-state index in [0.717, 1.165) is 25.7 Å². The molecule has 2 N–H and O–H groups in total. The molecule has 4 rings (SSSR count). The zero-order chi connectivity index (χ0) is 13.9. The van der Waals surface area contributed by atoms with Crippen LogP contribution in [0.3, 0.4) is 0 Å². The van der Waals surface area contributed by atoms with Crippen LogP contribution in [0.15, 0.2) is 0 Å². The topological polar surface area (TPSA) is 71.6 Å². The minimum atomic E-state index is 0. The molecule has 0 radical (unpaired) electrons. The number of hydrogen-bond donors (Lipinski definition) is 2. The third-order valence-corrected chi connectivity index (χ3v) is 5.31. The summed E-state index contributed by atoms with van der Waals surface area (Å²) >= 11 is 0. The molecule has 4 nitrogen and oxygen atoms in total. The molecule has 124 valence electrons. The van der Waals surface area contributed by atoms with E-state index in [1.807, 2.05) is 0 Å². The van der Waals surface area contributed by atoms with Gasteiger partial charge in [-0.05, 0) is 51.4 Å². The number of fused-ring (bicyclic) bond motifs is 4. The van der Waals surface area contributed by atoms with E-state index < -0.39 is 0 Å². The number of hydrogen-bond acceptors (Lipinski definition) is 4. The highest BCUT2D eigenvalue weighted by Gasteiger charge is 2.33. The Bertz CT molecular complexity index is 367. The molecule has 0 aromatic rings. The van der Waals surface area contributed by atoms with Crippen molar-refractivity contribution in [2.24, 2.45) is 11.8 Å². The van der Waals surface area contributed by atoms with Crippen molar-refractivity contribution in [3.63, 3.8) is 0 Å². The number of rotatable bonds is 0. The van der Waals surface area contributed by atoms with Gasteiger partial charge in [0.15, 0.2) is 0 Å². The molecule has 0 aromatic heterocycles. The monoisotopic (exact) mass is 344 g/mol. The molecule has 4 bridgehead atoms. The van der Waals surface area contributed by atoms with E-state index in [-0.39, 0.29) is 24.8 Å². The number of nitrogens with zero attached hydrogens (tertiary/aromatic N) is 2. The summed E-state index contributed by atoms with van der Waals surface area (Å²) in [5.74, 6) is 0.692. The van der Waals surface area contributed by atoms with Gasteiger partial charge in [-0.15, -0.1) is 24.8 Å². The Morgan fingerprint density at radius 2 is 0.864 bits per heavy atom. The number of piperidine rings is 2. The van der Waals surface area contributed by atoms with Crippen LogP contribution in [0.5, 0.6) is 0 Å². The summed E-state index contributed by atoms with van der Waals surface area (Å²) in [5, 5.41) is 24.4. The Kier molecular flexibility index (Phi) is 7.94. The molecule has 0 amide bonds. The van der Waals surface area contributed by atoms with E-state index in [4.69, 9.17) is 10.5 Å². The van der Waals surface area contributed by atoms with Crippen LogP contribution in [0.25, 0.3) is 0 Å². The number of halogens is 2. The minimum Gasteiger partial charge on any atom is -0.311 e. The molecule has 6 heteroatoms. The predicted octanol–water partition coefficient (Wildman–Crippen LogP) is 2.92. The van der Waals surface area contributed by atoms with Gasteiger partial charge in [-0.3, -0.25) is 0 Å². The molecule has 0 aliphatic carbocycles. The molecule has 4 aliphatic rings. The number of nitrogens with one attached hydrogen (secondary N) is 2. The predicted molar refractivity (Wildman–Crippen MR) is 91.1 cm³/mol. The van der Waals surface area contributed by atoms with Crippen molar-refractivity contribution in [2.45, 2.75) is 75.5 Å². The van der Waals surface area contributed by atoms with Crippen molar-refractivity contribution in [3.05, 3.63) is 0 Å². The molecule has 4 fully saturated rings. The van der Waals surface area contributed by atoms with Gasteiger partial charge in [-0.25, -0.2) is 0 Å². The van der Waals surface area contributed by atoms with Crippen LogP contribution in [0.2, 0.25) is 0 Å². The standard InChI is InChI=1S/2C8H12N2.2ClH/c2*9-5-6-3-7-1-2-8(4-6)10-7;;/h2*6-8,10H,1-4H2;2*1H/t2*6?,7-,8+;;. The maximum Gasteiger partial charge on any atom is 0.0657 e. The zero-order valence-electron chi connectivity index (χ0n) is 12.8. The average Bonchev–Trinajstić information content (AvgIpc) is 3.00. The normalized spacial score (nSPS) is 40.8. The average molecular weight is 345 g/mol. The van der Waals surface area contributed by atoms with E-state index >= 15 is 0 Å². The van der Waals surface area contributed by atoms with Gasteiger partial charge >= 0.3 is 0 Å². The van der Waals surface area contributed by atoms with Gasteiger partial charge in [0.2, 0.25) is 0 Å². The highest BCUT2D eigenvalue weighted by molar-refractivity contribution is 5.85. The van der Waals surface area contributed by atoms with Crippen LogP contribution in [-0.4, -0.2) is 24.2 Å². The van der Waals surface area contributed by atoms with E-state index in [2.05, 4.69) is 22.8 Å². The van der Waals surface area contributed by atoms with Crippen LogP contribution in [0, 0.1) is 34.5 Å². The molecule has 0 aromatic carbocycles. The Labute approximate surface area is 145 Å². The third kappa shape index (κ3) is 4.74. The first-order chi connectivity index (χ1) is 9.76. The molecular formula is C16H26Cl2N4. The first-order valence-corrected chi connectivity index (χ1v) is 8.08. The minimum absolute atomic E-state index is 0. The summed E-state index contributed by atoms with van der Waals surface area (Å²) < 4.78 is 0. The Morgan fingerprint density at radius 1 is 0.591 bits per heavy atom. The maximum atomic E-state index is 8.68. The van der Waals surface area contributed by atoms with Crippen molar-refractivity contribution < 1.29 is 0 Å². The van der Waals surface area contributed by atoms with Crippen molar-refractivity contribution in [1.82, 2.24) is 10.6 Å². The van der Waals surface area contributed by atoms with Crippen molar-refractivity contribution in [2.75, 3.05) is 0 Å². The van der Waals surface area contributed by atoms with Gasteiger partial charge in [0, 0.05) is 36.0 Å². The largest absolute Gasteiger partial charge is 0.311 e. The second-order valence-electron chi connectivity index (χ2n) is 6.87. The number of nitriles is 2. The summed E-state index contributed by atoms with van der Waals surface area (Å²) in [5.41, 5.74) is 0. The lowest BCUT2D eigenvalue weighted by Gasteiger charge is -2.24. The zero-order valence-corrected chi connectivity index (χ0v) is 14.5. The fourth-order valence-electron chi connectivity index (χ4n) is 4.33. The summed E-state index contributed by atoms with van der Waals surface area (Å²) in [7, 11) is 0. The molecule has 4 aliphatic heterocycles. The van der Waals surface area contributed by atoms with Crippen molar-refractivity contribution in [3.8, 4) is 12.1 Å². The summed E-state index contributed by atoms with van der Waals surface area (Å²) in [6.07, 6.45) is 9.54. The van der Waals surface area contributed by atoms with Gasteiger partial charge in [0.25, 0.3) is 0 Å². The maximum absolute atomic E-state index is 8.68. The highest BCUT2D eigenvalue weighted by atomic mass is 35.5. The Hall–Kier alpha value is -0.520. The summed E-state index contributed by atoms with van der Waals surface area (Å²) in [4.78, 5) is 0. The van der Waals surface area contributed by atoms with Gasteiger partial charge < -0.3 is 10.6 Å². The SMILES string of the molecule is Cl.Cl.N#CC1C[C@H]2CC[C@@H](C1)N2.N#CC1C[C@H]2CC[C@@H](C1)N2. The lowest BCUT2D eigenvalue weighted by Crippen LogP contribution is -2.37. The summed E-state index contributed by atoms with van der Waals surface area (Å²) in [6, 6.07) is 7.41. The first-order valence-electron chi connectivity index (χ1n) is 8.08. The fraction of sp³-hybridized carbons (Fsp3) is 0.875. The lowest BCUT2D eigenvalue weighted by molar-refractivity contribution is 0.350. The third-order valence-electron chi connectivity index (χ3n) is 5.31. The van der Waals surface area contributed by atoms with E-state index in [9.17, 15) is 0 Å². The second-order valence-corrected chi connectivity index (χ2v) is 6.87. The molecule has 4 heterocycles. The van der Waals surface area contributed by atoms with Crippen molar-refractivity contribution in [1.29, 1.82) is 10.5 Å². The summed E-state index contributed by atoms with van der Waals surface area (Å²) in [6.45, 7) is 0. The molecule has 22 heavy (non-hydrogen) atoms. The first kappa shape index (κ1) is 19.5. The van der Waals surface area contributed by atoms with Crippen LogP contribution in [0.1, 0.15) is 51.4 Å². The van der Waals surface area contributed by atoms with Crippen LogP contribution in [-0.2, 0) is 0 Å². The van der Waals surface area contributed by atoms with Gasteiger partial charge in [0.05, 0.1) is 12.1 Å². The van der Waals surface area contributed by atoms with Gasteiger partial charge in [-0.1, -0.05) is 0 Å². The molecule has 0 spiro atoms. The molecule has 0 saturated carbocycles. The fourth-order valence-corrected chi connectivity index (χ4v) is 4.33. The molecule has 6 atom stereocenters. The second kappa shape index (κ2) is 8.94. The lowest BCUT2D eigenvalue weighted by atomic mass is 9.94. The van der Waals surface area contributed by atoms with E-state index in [1.165, 1.54) is 25.7 Å². The van der Waals surface area contributed by atoms with Crippen LogP contribution < -0.4 is 10.6 Å².